The molecule has 1 N–H and O–H groups in total. The third kappa shape index (κ3) is 3.67. The van der Waals surface area contributed by atoms with Crippen LogP contribution < -0.4 is 10.2 Å². The first-order chi connectivity index (χ1) is 11.5. The molecule has 1 saturated heterocycles. The summed E-state index contributed by atoms with van der Waals surface area (Å²) in [4.78, 5) is 25.0. The van der Waals surface area contributed by atoms with Gasteiger partial charge < -0.3 is 15.1 Å². The molecular formula is C17H20BrN5O. The predicted octanol–water partition coefficient (Wildman–Crippen LogP) is 3.21. The summed E-state index contributed by atoms with van der Waals surface area (Å²) < 4.78 is 1.02. The Labute approximate surface area is 150 Å². The fraction of sp³-hybridized carbons (Fsp3) is 0.353. The zero-order valence-electron chi connectivity index (χ0n) is 13.8. The maximum Gasteiger partial charge on any atom is 0.321 e. The molecule has 0 aliphatic carbocycles. The molecule has 1 aromatic heterocycles. The number of aryl methyl sites for hydroxylation is 2. The van der Waals surface area contributed by atoms with Crippen LogP contribution in [0.25, 0.3) is 0 Å². The van der Waals surface area contributed by atoms with Crippen LogP contribution >= 0.6 is 15.9 Å². The van der Waals surface area contributed by atoms with Gasteiger partial charge in [-0.1, -0.05) is 15.9 Å². The van der Waals surface area contributed by atoms with Crippen molar-refractivity contribution >= 4 is 33.5 Å². The highest BCUT2D eigenvalue weighted by Crippen LogP contribution is 2.25. The van der Waals surface area contributed by atoms with E-state index in [1.165, 1.54) is 0 Å². The Morgan fingerprint density at radius 3 is 2.38 bits per heavy atom. The van der Waals surface area contributed by atoms with E-state index in [2.05, 4.69) is 36.1 Å². The molecule has 1 aliphatic rings. The molecule has 3 rings (SSSR count). The van der Waals surface area contributed by atoms with Gasteiger partial charge in [-0.15, -0.1) is 0 Å². The van der Waals surface area contributed by atoms with E-state index in [0.29, 0.717) is 13.1 Å². The number of urea groups is 1. The van der Waals surface area contributed by atoms with E-state index in [0.717, 1.165) is 40.2 Å². The molecule has 7 heteroatoms. The summed E-state index contributed by atoms with van der Waals surface area (Å²) in [6.07, 6.45) is 5.11. The summed E-state index contributed by atoms with van der Waals surface area (Å²) in [5.41, 5.74) is 2.99. The molecule has 0 bridgehead atoms. The summed E-state index contributed by atoms with van der Waals surface area (Å²) in [5, 5.41) is 3.05. The maximum absolute atomic E-state index is 12.6. The Hall–Kier alpha value is -2.15. The number of aromatic nitrogens is 2. The van der Waals surface area contributed by atoms with Gasteiger partial charge in [0, 0.05) is 48.7 Å². The number of hydrogen-bond acceptors (Lipinski definition) is 4. The van der Waals surface area contributed by atoms with Crippen LogP contribution in [0, 0.1) is 13.8 Å². The second kappa shape index (κ2) is 7.17. The van der Waals surface area contributed by atoms with E-state index in [-0.39, 0.29) is 6.03 Å². The normalized spacial score (nSPS) is 14.6. The number of hydrogen-bond donors (Lipinski definition) is 1. The van der Waals surface area contributed by atoms with Gasteiger partial charge in [0.05, 0.1) is 6.20 Å². The van der Waals surface area contributed by atoms with Crippen LogP contribution in [0.4, 0.5) is 16.3 Å². The van der Waals surface area contributed by atoms with Gasteiger partial charge in [0.25, 0.3) is 0 Å². The molecule has 126 valence electrons. The summed E-state index contributed by atoms with van der Waals surface area (Å²) >= 11 is 3.48. The third-order valence-electron chi connectivity index (χ3n) is 4.17. The largest absolute Gasteiger partial charge is 0.352 e. The first-order valence-electron chi connectivity index (χ1n) is 7.88. The summed E-state index contributed by atoms with van der Waals surface area (Å²) in [7, 11) is 0. The Balaban J connectivity index is 1.62. The number of nitrogens with zero attached hydrogens (tertiary/aromatic N) is 4. The number of carbonyl (C=O) groups excluding carboxylic acids is 1. The van der Waals surface area contributed by atoms with Crippen LogP contribution in [0.2, 0.25) is 0 Å². The molecule has 6 nitrogen and oxygen atoms in total. The molecule has 0 atom stereocenters. The third-order valence-corrected chi connectivity index (χ3v) is 4.63. The van der Waals surface area contributed by atoms with Crippen molar-refractivity contribution in [3.8, 4) is 0 Å². The van der Waals surface area contributed by atoms with Crippen molar-refractivity contribution in [2.45, 2.75) is 13.8 Å². The maximum atomic E-state index is 12.6. The lowest BCUT2D eigenvalue weighted by molar-refractivity contribution is 0.208. The van der Waals surface area contributed by atoms with E-state index in [9.17, 15) is 4.79 Å². The van der Waals surface area contributed by atoms with E-state index in [1.807, 2.05) is 30.9 Å². The molecule has 1 fully saturated rings. The minimum absolute atomic E-state index is 0.0534. The lowest BCUT2D eigenvalue weighted by Gasteiger charge is -2.35. The van der Waals surface area contributed by atoms with Crippen LogP contribution in [-0.2, 0) is 0 Å². The number of piperazine rings is 1. The summed E-state index contributed by atoms with van der Waals surface area (Å²) in [6, 6.07) is 3.96. The average molecular weight is 390 g/mol. The van der Waals surface area contributed by atoms with Crippen molar-refractivity contribution in [1.82, 2.24) is 14.9 Å². The average Bonchev–Trinajstić information content (AvgIpc) is 2.59. The Bertz CT molecular complexity index is 706. The van der Waals surface area contributed by atoms with Gasteiger partial charge in [-0.3, -0.25) is 4.98 Å². The molecule has 1 aromatic carbocycles. The van der Waals surface area contributed by atoms with Gasteiger partial charge in [-0.05, 0) is 37.1 Å². The second-order valence-electron chi connectivity index (χ2n) is 5.88. The molecule has 0 spiro atoms. The van der Waals surface area contributed by atoms with Gasteiger partial charge in [0.1, 0.15) is 5.82 Å². The summed E-state index contributed by atoms with van der Waals surface area (Å²) in [5.74, 6) is 0.858. The molecule has 2 heterocycles. The number of benzene rings is 1. The number of rotatable bonds is 2. The minimum atomic E-state index is -0.0534. The van der Waals surface area contributed by atoms with Crippen molar-refractivity contribution in [3.05, 3.63) is 46.3 Å². The fourth-order valence-corrected chi connectivity index (χ4v) is 3.57. The van der Waals surface area contributed by atoms with Gasteiger partial charge in [-0.25, -0.2) is 9.78 Å². The predicted molar refractivity (Wildman–Crippen MR) is 98.5 cm³/mol. The van der Waals surface area contributed by atoms with Crippen molar-refractivity contribution in [1.29, 1.82) is 0 Å². The molecule has 0 radical (unpaired) electrons. The van der Waals surface area contributed by atoms with Crippen molar-refractivity contribution in [2.75, 3.05) is 36.4 Å². The molecule has 2 aromatic rings. The van der Waals surface area contributed by atoms with Crippen molar-refractivity contribution < 1.29 is 4.79 Å². The van der Waals surface area contributed by atoms with E-state index in [4.69, 9.17) is 0 Å². The molecule has 2 amide bonds. The van der Waals surface area contributed by atoms with Crippen LogP contribution in [0.1, 0.15) is 11.1 Å². The van der Waals surface area contributed by atoms with Crippen LogP contribution in [0.3, 0.4) is 0 Å². The van der Waals surface area contributed by atoms with Gasteiger partial charge in [-0.2, -0.15) is 0 Å². The van der Waals surface area contributed by atoms with Gasteiger partial charge in [0.15, 0.2) is 0 Å². The Kier molecular flexibility index (Phi) is 4.99. The topological polar surface area (TPSA) is 61.4 Å². The number of anilines is 2. The lowest BCUT2D eigenvalue weighted by Crippen LogP contribution is -2.50. The highest BCUT2D eigenvalue weighted by molar-refractivity contribution is 9.10. The Morgan fingerprint density at radius 2 is 1.79 bits per heavy atom. The number of carbonyl (C=O) groups is 1. The van der Waals surface area contributed by atoms with Gasteiger partial charge >= 0.3 is 6.03 Å². The first-order valence-corrected chi connectivity index (χ1v) is 8.67. The molecule has 24 heavy (non-hydrogen) atoms. The molecule has 0 unspecified atom stereocenters. The van der Waals surface area contributed by atoms with Gasteiger partial charge in [0.2, 0.25) is 0 Å². The number of nitrogens with one attached hydrogen (secondary N) is 1. The highest BCUT2D eigenvalue weighted by Gasteiger charge is 2.22. The van der Waals surface area contributed by atoms with Crippen molar-refractivity contribution in [2.24, 2.45) is 0 Å². The SMILES string of the molecule is Cc1cc(Br)cc(C)c1NC(=O)N1CCN(c2cnccn2)CC1. The lowest BCUT2D eigenvalue weighted by atomic mass is 10.1. The highest BCUT2D eigenvalue weighted by atomic mass is 79.9. The Morgan fingerprint density at radius 1 is 1.12 bits per heavy atom. The zero-order valence-corrected chi connectivity index (χ0v) is 15.4. The van der Waals surface area contributed by atoms with E-state index < -0.39 is 0 Å². The standard InChI is InChI=1S/C17H20BrN5O/c1-12-9-14(18)10-13(2)16(12)21-17(24)23-7-5-22(6-8-23)15-11-19-3-4-20-15/h3-4,9-11H,5-8H2,1-2H3,(H,21,24). The molecular weight excluding hydrogens is 370 g/mol. The number of amides is 2. The zero-order chi connectivity index (χ0) is 17.1. The monoisotopic (exact) mass is 389 g/mol. The van der Waals surface area contributed by atoms with Crippen LogP contribution in [-0.4, -0.2) is 47.1 Å². The second-order valence-corrected chi connectivity index (χ2v) is 6.80. The van der Waals surface area contributed by atoms with Crippen molar-refractivity contribution in [3.63, 3.8) is 0 Å². The quantitative estimate of drug-likeness (QED) is 0.856. The molecule has 1 aliphatic heterocycles. The van der Waals surface area contributed by atoms with Crippen LogP contribution in [0.15, 0.2) is 35.2 Å². The smallest absolute Gasteiger partial charge is 0.321 e. The van der Waals surface area contributed by atoms with E-state index in [1.54, 1.807) is 18.6 Å². The van der Waals surface area contributed by atoms with E-state index >= 15 is 0 Å². The summed E-state index contributed by atoms with van der Waals surface area (Å²) in [6.45, 7) is 6.83. The molecule has 0 saturated carbocycles. The van der Waals surface area contributed by atoms with Crippen LogP contribution in [0.5, 0.6) is 0 Å². The number of halogens is 1. The minimum Gasteiger partial charge on any atom is -0.352 e. The first kappa shape index (κ1) is 16.7. The fourth-order valence-electron chi connectivity index (χ4n) is 2.89.